The second kappa shape index (κ2) is 7.26. The highest BCUT2D eigenvalue weighted by Gasteiger charge is 2.26. The van der Waals surface area contributed by atoms with Crippen molar-refractivity contribution < 1.29 is 13.8 Å². The topological polar surface area (TPSA) is 89.9 Å². The van der Waals surface area contributed by atoms with E-state index in [9.17, 15) is 9.18 Å². The molecule has 3 aromatic rings. The molecule has 3 heterocycles. The van der Waals surface area contributed by atoms with Crippen LogP contribution in [0.5, 0.6) is 0 Å². The molecule has 4 rings (SSSR count). The van der Waals surface area contributed by atoms with Crippen molar-refractivity contribution in [3.05, 3.63) is 47.7 Å². The number of carbonyl (C=O) groups excluding carboxylic acids is 1. The number of amides is 1. The molecule has 1 aliphatic rings. The minimum absolute atomic E-state index is 0.0258. The molecule has 2 aromatic heterocycles. The molecule has 9 heteroatoms. The van der Waals surface area contributed by atoms with E-state index in [2.05, 4.69) is 25.3 Å². The first-order valence-corrected chi connectivity index (χ1v) is 8.84. The number of halogens is 1. The minimum Gasteiger partial charge on any atom is -0.342 e. The van der Waals surface area contributed by atoms with Crippen molar-refractivity contribution in [1.82, 2.24) is 30.2 Å². The predicted molar refractivity (Wildman–Crippen MR) is 93.0 cm³/mol. The molecule has 1 amide bonds. The first-order chi connectivity index (χ1) is 13.1. The van der Waals surface area contributed by atoms with Crippen LogP contribution in [-0.2, 0) is 11.2 Å². The summed E-state index contributed by atoms with van der Waals surface area (Å²) in [7, 11) is 0. The Morgan fingerprint density at radius 3 is 2.63 bits per heavy atom. The van der Waals surface area contributed by atoms with Crippen molar-refractivity contribution >= 4 is 5.91 Å². The van der Waals surface area contributed by atoms with E-state index in [0.29, 0.717) is 30.2 Å². The molecule has 1 fully saturated rings. The standard InChI is InChI=1S/C18H19FN6O2/c1-12-16(22-27-21-12)10-18(26)24-8-6-15(7-9-24)25-11-17(20-23-25)13-2-4-14(19)5-3-13/h2-5,11,15H,6-10H2,1H3. The minimum atomic E-state index is -0.278. The van der Waals surface area contributed by atoms with Crippen LogP contribution in [0, 0.1) is 12.7 Å². The average Bonchev–Trinajstić information content (AvgIpc) is 3.32. The van der Waals surface area contributed by atoms with Crippen LogP contribution in [0.2, 0.25) is 0 Å². The molecule has 8 nitrogen and oxygen atoms in total. The van der Waals surface area contributed by atoms with Gasteiger partial charge in [-0.05, 0) is 44.0 Å². The normalized spacial score (nSPS) is 15.3. The molecule has 0 unspecified atom stereocenters. The highest BCUT2D eigenvalue weighted by atomic mass is 19.1. The zero-order valence-electron chi connectivity index (χ0n) is 14.9. The highest BCUT2D eigenvalue weighted by Crippen LogP contribution is 2.24. The third-order valence-corrected chi connectivity index (χ3v) is 4.91. The number of benzene rings is 1. The quantitative estimate of drug-likeness (QED) is 0.699. The maximum Gasteiger partial charge on any atom is 0.228 e. The molecular formula is C18H19FN6O2. The summed E-state index contributed by atoms with van der Waals surface area (Å²) in [6.45, 7) is 3.08. The van der Waals surface area contributed by atoms with E-state index >= 15 is 0 Å². The molecule has 0 spiro atoms. The molecule has 0 radical (unpaired) electrons. The Balaban J connectivity index is 1.36. The van der Waals surface area contributed by atoms with Gasteiger partial charge in [0, 0.05) is 18.7 Å². The van der Waals surface area contributed by atoms with Gasteiger partial charge < -0.3 is 4.90 Å². The van der Waals surface area contributed by atoms with Gasteiger partial charge in [-0.25, -0.2) is 13.7 Å². The van der Waals surface area contributed by atoms with Gasteiger partial charge in [-0.15, -0.1) is 5.10 Å². The highest BCUT2D eigenvalue weighted by molar-refractivity contribution is 5.78. The number of hydrogen-bond donors (Lipinski definition) is 0. The van der Waals surface area contributed by atoms with Crippen LogP contribution < -0.4 is 0 Å². The lowest BCUT2D eigenvalue weighted by molar-refractivity contribution is -0.131. The summed E-state index contributed by atoms with van der Waals surface area (Å²) in [5, 5.41) is 15.9. The Hall–Kier alpha value is -3.10. The Labute approximate surface area is 154 Å². The second-order valence-corrected chi connectivity index (χ2v) is 6.68. The number of nitrogens with zero attached hydrogens (tertiary/aromatic N) is 6. The summed E-state index contributed by atoms with van der Waals surface area (Å²) in [4.78, 5) is 14.3. The van der Waals surface area contributed by atoms with Crippen LogP contribution in [0.4, 0.5) is 4.39 Å². The lowest BCUT2D eigenvalue weighted by Gasteiger charge is -2.31. The van der Waals surface area contributed by atoms with E-state index in [1.165, 1.54) is 12.1 Å². The molecule has 0 saturated carbocycles. The van der Waals surface area contributed by atoms with Crippen molar-refractivity contribution in [2.45, 2.75) is 32.2 Å². The largest absolute Gasteiger partial charge is 0.342 e. The van der Waals surface area contributed by atoms with Crippen LogP contribution in [0.1, 0.15) is 30.3 Å². The SMILES string of the molecule is Cc1nonc1CC(=O)N1CCC(n2cc(-c3ccc(F)cc3)nn2)CC1. The van der Waals surface area contributed by atoms with E-state index in [1.807, 2.05) is 15.8 Å². The third-order valence-electron chi connectivity index (χ3n) is 4.91. The first kappa shape index (κ1) is 17.3. The number of aryl methyl sites for hydroxylation is 1. The summed E-state index contributed by atoms with van der Waals surface area (Å²) in [5.41, 5.74) is 2.77. The number of hydrogen-bond acceptors (Lipinski definition) is 6. The summed E-state index contributed by atoms with van der Waals surface area (Å²) in [5.74, 6) is -0.252. The zero-order chi connectivity index (χ0) is 18.8. The zero-order valence-corrected chi connectivity index (χ0v) is 14.9. The Morgan fingerprint density at radius 1 is 1.22 bits per heavy atom. The maximum atomic E-state index is 13.1. The van der Waals surface area contributed by atoms with Crippen LogP contribution in [0.15, 0.2) is 35.1 Å². The first-order valence-electron chi connectivity index (χ1n) is 8.84. The number of piperidine rings is 1. The van der Waals surface area contributed by atoms with Crippen molar-refractivity contribution in [3.63, 3.8) is 0 Å². The molecule has 0 N–H and O–H groups in total. The van der Waals surface area contributed by atoms with Gasteiger partial charge in [0.2, 0.25) is 5.91 Å². The molecule has 140 valence electrons. The van der Waals surface area contributed by atoms with Gasteiger partial charge in [0.25, 0.3) is 0 Å². The van der Waals surface area contributed by atoms with Crippen LogP contribution in [-0.4, -0.2) is 49.2 Å². The van der Waals surface area contributed by atoms with Gasteiger partial charge in [0.05, 0.1) is 18.7 Å². The molecule has 1 aromatic carbocycles. The molecule has 27 heavy (non-hydrogen) atoms. The van der Waals surface area contributed by atoms with Gasteiger partial charge >= 0.3 is 0 Å². The van der Waals surface area contributed by atoms with Crippen LogP contribution in [0.3, 0.4) is 0 Å². The Kier molecular flexibility index (Phi) is 4.66. The molecule has 1 saturated heterocycles. The Morgan fingerprint density at radius 2 is 1.96 bits per heavy atom. The fraction of sp³-hybridized carbons (Fsp3) is 0.389. The molecule has 0 atom stereocenters. The van der Waals surface area contributed by atoms with Crippen molar-refractivity contribution in [1.29, 1.82) is 0 Å². The summed E-state index contributed by atoms with van der Waals surface area (Å²) < 4.78 is 19.5. The van der Waals surface area contributed by atoms with E-state index in [1.54, 1.807) is 19.1 Å². The summed E-state index contributed by atoms with van der Waals surface area (Å²) in [6.07, 6.45) is 3.68. The van der Waals surface area contributed by atoms with E-state index < -0.39 is 0 Å². The van der Waals surface area contributed by atoms with E-state index in [4.69, 9.17) is 0 Å². The predicted octanol–water partition coefficient (Wildman–Crippen LogP) is 2.18. The van der Waals surface area contributed by atoms with Gasteiger partial charge in [0.15, 0.2) is 0 Å². The number of rotatable bonds is 4. The van der Waals surface area contributed by atoms with E-state index in [0.717, 1.165) is 18.4 Å². The number of aromatic nitrogens is 5. The second-order valence-electron chi connectivity index (χ2n) is 6.68. The fourth-order valence-electron chi connectivity index (χ4n) is 3.25. The summed E-state index contributed by atoms with van der Waals surface area (Å²) in [6, 6.07) is 6.37. The fourth-order valence-corrected chi connectivity index (χ4v) is 3.25. The van der Waals surface area contributed by atoms with Gasteiger partial charge in [-0.3, -0.25) is 4.79 Å². The Bertz CT molecular complexity index is 927. The molecule has 1 aliphatic heterocycles. The van der Waals surface area contributed by atoms with Gasteiger partial charge in [0.1, 0.15) is 22.9 Å². The molecule has 0 aliphatic carbocycles. The third kappa shape index (κ3) is 3.71. The summed E-state index contributed by atoms with van der Waals surface area (Å²) >= 11 is 0. The lowest BCUT2D eigenvalue weighted by atomic mass is 10.0. The van der Waals surface area contributed by atoms with Crippen molar-refractivity contribution in [2.24, 2.45) is 0 Å². The average molecular weight is 370 g/mol. The molecule has 0 bridgehead atoms. The van der Waals surface area contributed by atoms with Gasteiger partial charge in [-0.2, -0.15) is 0 Å². The molecular weight excluding hydrogens is 351 g/mol. The lowest BCUT2D eigenvalue weighted by Crippen LogP contribution is -2.40. The monoisotopic (exact) mass is 370 g/mol. The number of carbonyl (C=O) groups is 1. The smallest absolute Gasteiger partial charge is 0.228 e. The van der Waals surface area contributed by atoms with Gasteiger partial charge in [-0.1, -0.05) is 15.5 Å². The van der Waals surface area contributed by atoms with E-state index in [-0.39, 0.29) is 24.2 Å². The number of likely N-dealkylation sites (tertiary alicyclic amines) is 1. The van der Waals surface area contributed by atoms with Crippen LogP contribution in [0.25, 0.3) is 11.3 Å². The van der Waals surface area contributed by atoms with Crippen molar-refractivity contribution in [2.75, 3.05) is 13.1 Å². The van der Waals surface area contributed by atoms with Crippen molar-refractivity contribution in [3.8, 4) is 11.3 Å². The maximum absolute atomic E-state index is 13.1. The van der Waals surface area contributed by atoms with Crippen LogP contribution >= 0.6 is 0 Å².